The highest BCUT2D eigenvalue weighted by Crippen LogP contribution is 2.06. The van der Waals surface area contributed by atoms with Crippen LogP contribution in [0.3, 0.4) is 0 Å². The molecule has 1 aliphatic heterocycles. The summed E-state index contributed by atoms with van der Waals surface area (Å²) in [6.07, 6.45) is 1.88. The normalized spacial score (nSPS) is 15.8. The summed E-state index contributed by atoms with van der Waals surface area (Å²) in [5.74, 6) is 0. The Bertz CT molecular complexity index is 199. The predicted molar refractivity (Wildman–Crippen MR) is 61.2 cm³/mol. The molecule has 1 saturated heterocycles. The van der Waals surface area contributed by atoms with Crippen molar-refractivity contribution in [3.63, 3.8) is 0 Å². The molecule has 0 aromatic carbocycles. The molecule has 1 aliphatic rings. The minimum atomic E-state index is -0.332. The largest absolute Gasteiger partial charge is 0.351 e. The minimum Gasteiger partial charge on any atom is -0.351 e. The summed E-state index contributed by atoms with van der Waals surface area (Å²) < 4.78 is 10.7. The van der Waals surface area contributed by atoms with E-state index in [-0.39, 0.29) is 12.3 Å². The molecule has 0 aliphatic carbocycles. The monoisotopic (exact) mass is 230 g/mol. The van der Waals surface area contributed by atoms with Crippen LogP contribution in [0, 0.1) is 0 Å². The first-order chi connectivity index (χ1) is 7.77. The maximum absolute atomic E-state index is 11.7. The van der Waals surface area contributed by atoms with E-state index in [1.165, 1.54) is 0 Å². The first-order valence-corrected chi connectivity index (χ1v) is 6.03. The molecule has 0 aromatic heterocycles. The maximum Gasteiger partial charge on any atom is 0.317 e. The van der Waals surface area contributed by atoms with E-state index in [2.05, 4.69) is 5.32 Å². The van der Waals surface area contributed by atoms with Crippen molar-refractivity contribution >= 4 is 6.03 Å². The molecule has 1 heterocycles. The molecule has 16 heavy (non-hydrogen) atoms. The molecule has 2 amide bonds. The first-order valence-electron chi connectivity index (χ1n) is 6.03. The lowest BCUT2D eigenvalue weighted by Crippen LogP contribution is -2.42. The summed E-state index contributed by atoms with van der Waals surface area (Å²) in [4.78, 5) is 13.5. The number of urea groups is 1. The Morgan fingerprint density at radius 1 is 1.25 bits per heavy atom. The molecule has 5 heteroatoms. The third-order valence-corrected chi connectivity index (χ3v) is 2.52. The molecule has 0 unspecified atom stereocenters. The zero-order chi connectivity index (χ0) is 11.8. The van der Waals surface area contributed by atoms with Gasteiger partial charge >= 0.3 is 6.03 Å². The van der Waals surface area contributed by atoms with Crippen LogP contribution in [0.15, 0.2) is 0 Å². The molecule has 0 saturated carbocycles. The van der Waals surface area contributed by atoms with E-state index in [4.69, 9.17) is 9.47 Å². The number of carbonyl (C=O) groups is 1. The Kier molecular flexibility index (Phi) is 6.18. The standard InChI is InChI=1S/C11H22N2O3/c1-3-15-10(16-4-2)9-12-11(14)13-7-5-6-8-13/h10H,3-9H2,1-2H3,(H,12,14). The van der Waals surface area contributed by atoms with Gasteiger partial charge in [0.1, 0.15) is 0 Å². The Hall–Kier alpha value is -0.810. The van der Waals surface area contributed by atoms with Crippen LogP contribution in [-0.2, 0) is 9.47 Å². The summed E-state index contributed by atoms with van der Waals surface area (Å²) in [7, 11) is 0. The van der Waals surface area contributed by atoms with Crippen LogP contribution in [0.5, 0.6) is 0 Å². The van der Waals surface area contributed by atoms with Crippen molar-refractivity contribution in [1.82, 2.24) is 10.2 Å². The highest BCUT2D eigenvalue weighted by molar-refractivity contribution is 5.74. The van der Waals surface area contributed by atoms with E-state index in [9.17, 15) is 4.79 Å². The molecule has 0 bridgehead atoms. The summed E-state index contributed by atoms with van der Waals surface area (Å²) in [6.45, 7) is 7.13. The number of nitrogens with one attached hydrogen (secondary N) is 1. The molecule has 0 atom stereocenters. The lowest BCUT2D eigenvalue weighted by atomic mass is 10.4. The van der Waals surface area contributed by atoms with Crippen molar-refractivity contribution in [2.45, 2.75) is 33.0 Å². The van der Waals surface area contributed by atoms with Crippen LogP contribution in [0.1, 0.15) is 26.7 Å². The van der Waals surface area contributed by atoms with Crippen LogP contribution < -0.4 is 5.32 Å². The van der Waals surface area contributed by atoms with E-state index in [0.29, 0.717) is 19.8 Å². The van der Waals surface area contributed by atoms with Gasteiger partial charge in [-0.15, -0.1) is 0 Å². The fourth-order valence-electron chi connectivity index (χ4n) is 1.74. The number of amides is 2. The molecule has 0 aromatic rings. The maximum atomic E-state index is 11.7. The number of rotatable bonds is 6. The van der Waals surface area contributed by atoms with Gasteiger partial charge in [0, 0.05) is 26.3 Å². The van der Waals surface area contributed by atoms with Crippen molar-refractivity contribution in [2.75, 3.05) is 32.8 Å². The molecule has 5 nitrogen and oxygen atoms in total. The van der Waals surface area contributed by atoms with Gasteiger partial charge in [-0.25, -0.2) is 4.79 Å². The molecule has 0 radical (unpaired) electrons. The van der Waals surface area contributed by atoms with Gasteiger partial charge in [-0.3, -0.25) is 0 Å². The van der Waals surface area contributed by atoms with Gasteiger partial charge in [0.15, 0.2) is 6.29 Å². The summed E-state index contributed by atoms with van der Waals surface area (Å²) in [6, 6.07) is -0.0121. The number of hydrogen-bond acceptors (Lipinski definition) is 3. The molecule has 1 rings (SSSR count). The summed E-state index contributed by atoms with van der Waals surface area (Å²) >= 11 is 0. The van der Waals surface area contributed by atoms with Crippen molar-refractivity contribution in [1.29, 1.82) is 0 Å². The topological polar surface area (TPSA) is 50.8 Å². The Morgan fingerprint density at radius 2 is 1.81 bits per heavy atom. The molecule has 94 valence electrons. The van der Waals surface area contributed by atoms with Crippen molar-refractivity contribution in [3.8, 4) is 0 Å². The van der Waals surface area contributed by atoms with Gasteiger partial charge in [0.25, 0.3) is 0 Å². The highest BCUT2D eigenvalue weighted by Gasteiger charge is 2.18. The third kappa shape index (κ3) is 4.37. The van der Waals surface area contributed by atoms with Crippen LogP contribution in [0.2, 0.25) is 0 Å². The number of likely N-dealkylation sites (tertiary alicyclic amines) is 1. The fourth-order valence-corrected chi connectivity index (χ4v) is 1.74. The van der Waals surface area contributed by atoms with E-state index >= 15 is 0 Å². The predicted octanol–water partition coefficient (Wildman–Crippen LogP) is 1.19. The smallest absolute Gasteiger partial charge is 0.317 e. The SMILES string of the molecule is CCOC(CNC(=O)N1CCCC1)OCC. The Balaban J connectivity index is 2.21. The van der Waals surface area contributed by atoms with Crippen molar-refractivity contribution in [2.24, 2.45) is 0 Å². The number of ether oxygens (including phenoxy) is 2. The van der Waals surface area contributed by atoms with Crippen molar-refractivity contribution < 1.29 is 14.3 Å². The van der Waals surface area contributed by atoms with Gasteiger partial charge in [-0.1, -0.05) is 0 Å². The Morgan fingerprint density at radius 3 is 2.31 bits per heavy atom. The summed E-state index contributed by atoms with van der Waals surface area (Å²) in [5, 5.41) is 2.83. The average molecular weight is 230 g/mol. The van der Waals surface area contributed by atoms with Gasteiger partial charge < -0.3 is 19.7 Å². The van der Waals surface area contributed by atoms with Gasteiger partial charge in [0.2, 0.25) is 0 Å². The lowest BCUT2D eigenvalue weighted by Gasteiger charge is -2.20. The quantitative estimate of drug-likeness (QED) is 0.697. The van der Waals surface area contributed by atoms with E-state index < -0.39 is 0 Å². The van der Waals surface area contributed by atoms with Crippen LogP contribution in [0.4, 0.5) is 4.79 Å². The molecule has 0 spiro atoms. The van der Waals surface area contributed by atoms with Crippen molar-refractivity contribution in [3.05, 3.63) is 0 Å². The van der Waals surface area contributed by atoms with Gasteiger partial charge in [0.05, 0.1) is 6.54 Å². The second-order valence-electron chi connectivity index (χ2n) is 3.72. The zero-order valence-corrected chi connectivity index (χ0v) is 10.2. The fraction of sp³-hybridized carbons (Fsp3) is 0.909. The number of nitrogens with zero attached hydrogens (tertiary/aromatic N) is 1. The minimum absolute atomic E-state index is 0.0121. The second kappa shape index (κ2) is 7.46. The van der Waals surface area contributed by atoms with Crippen LogP contribution in [-0.4, -0.2) is 50.1 Å². The Labute approximate surface area is 97.1 Å². The van der Waals surface area contributed by atoms with Gasteiger partial charge in [-0.2, -0.15) is 0 Å². The summed E-state index contributed by atoms with van der Waals surface area (Å²) in [5.41, 5.74) is 0. The van der Waals surface area contributed by atoms with E-state index in [1.54, 1.807) is 0 Å². The van der Waals surface area contributed by atoms with E-state index in [0.717, 1.165) is 25.9 Å². The first kappa shape index (κ1) is 13.3. The van der Waals surface area contributed by atoms with Crippen LogP contribution >= 0.6 is 0 Å². The average Bonchev–Trinajstić information content (AvgIpc) is 2.79. The van der Waals surface area contributed by atoms with E-state index in [1.807, 2.05) is 18.7 Å². The lowest BCUT2D eigenvalue weighted by molar-refractivity contribution is -0.131. The third-order valence-electron chi connectivity index (χ3n) is 2.52. The molecular weight excluding hydrogens is 208 g/mol. The van der Waals surface area contributed by atoms with Gasteiger partial charge in [-0.05, 0) is 26.7 Å². The highest BCUT2D eigenvalue weighted by atomic mass is 16.7. The number of hydrogen-bond donors (Lipinski definition) is 1. The zero-order valence-electron chi connectivity index (χ0n) is 10.2. The van der Waals surface area contributed by atoms with Crippen LogP contribution in [0.25, 0.3) is 0 Å². The second-order valence-corrected chi connectivity index (χ2v) is 3.72. The molecule has 1 fully saturated rings. The number of carbonyl (C=O) groups excluding carboxylic acids is 1. The molecule has 1 N–H and O–H groups in total. The molecular formula is C11H22N2O3.